The number of halogens is 3. The lowest BCUT2D eigenvalue weighted by Crippen LogP contribution is -2.22. The van der Waals surface area contributed by atoms with Crippen LogP contribution in [0.25, 0.3) is 0 Å². The first-order chi connectivity index (χ1) is 11.9. The molecule has 1 aromatic carbocycles. The molecule has 0 fully saturated rings. The van der Waals surface area contributed by atoms with Gasteiger partial charge in [-0.25, -0.2) is 4.79 Å². The van der Waals surface area contributed by atoms with Gasteiger partial charge in [-0.05, 0) is 32.1 Å². The lowest BCUT2D eigenvalue weighted by Gasteiger charge is -2.22. The average Bonchev–Trinajstić information content (AvgIpc) is 2.98. The molecule has 1 aromatic heterocycles. The van der Waals surface area contributed by atoms with Crippen molar-refractivity contribution in [2.75, 3.05) is 14.1 Å². The van der Waals surface area contributed by atoms with Crippen LogP contribution in [-0.4, -0.2) is 46.4 Å². The minimum Gasteiger partial charge on any atom is -0.475 e. The molecule has 0 saturated carbocycles. The van der Waals surface area contributed by atoms with Crippen molar-refractivity contribution >= 4 is 5.97 Å². The molecule has 2 aromatic rings. The number of nitrogens with zero attached hydrogens (tertiary/aromatic N) is 3. The van der Waals surface area contributed by atoms with E-state index < -0.39 is 12.1 Å². The van der Waals surface area contributed by atoms with E-state index in [4.69, 9.17) is 14.4 Å². The normalized spacial score (nSPS) is 12.7. The molecule has 9 heteroatoms. The molecule has 1 unspecified atom stereocenters. The third kappa shape index (κ3) is 5.83. The second-order valence-electron chi connectivity index (χ2n) is 6.17. The summed E-state index contributed by atoms with van der Waals surface area (Å²) in [4.78, 5) is 15.5. The number of carbonyl (C=O) groups is 1. The number of carboxylic acids is 1. The number of hydrogen-bond acceptors (Lipinski definition) is 5. The Bertz CT molecular complexity index is 727. The van der Waals surface area contributed by atoms with E-state index in [0.29, 0.717) is 5.89 Å². The van der Waals surface area contributed by atoms with Crippen molar-refractivity contribution in [2.24, 2.45) is 0 Å². The molecule has 0 radical (unpaired) electrons. The van der Waals surface area contributed by atoms with Crippen molar-refractivity contribution in [3.05, 3.63) is 47.1 Å². The molecule has 0 amide bonds. The van der Waals surface area contributed by atoms with E-state index in [2.05, 4.69) is 47.9 Å². The van der Waals surface area contributed by atoms with Crippen LogP contribution in [0.2, 0.25) is 0 Å². The minimum atomic E-state index is -5.08. The van der Waals surface area contributed by atoms with E-state index >= 15 is 0 Å². The van der Waals surface area contributed by atoms with Crippen molar-refractivity contribution in [1.82, 2.24) is 15.0 Å². The average molecular weight is 373 g/mol. The molecule has 0 spiro atoms. The molecular weight excluding hydrogens is 351 g/mol. The Morgan fingerprint density at radius 3 is 2.15 bits per heavy atom. The zero-order chi connectivity index (χ0) is 20.1. The standard InChI is InChI=1S/C15H21N3O.C2HF3O2/c1-10(2)14-16-15(19-17-14)13(18(4)5)12-9-7-6-8-11(12)3;3-2(4,5)1(6)7/h6-10,13H,1-5H3;(H,6,7). The molecule has 1 heterocycles. The molecule has 0 saturated heterocycles. The number of aliphatic carboxylic acids is 1. The van der Waals surface area contributed by atoms with Crippen LogP contribution in [0, 0.1) is 6.92 Å². The van der Waals surface area contributed by atoms with E-state index in [1.165, 1.54) is 11.1 Å². The highest BCUT2D eigenvalue weighted by Crippen LogP contribution is 2.28. The van der Waals surface area contributed by atoms with E-state index in [1.54, 1.807) is 0 Å². The first-order valence-electron chi connectivity index (χ1n) is 7.80. The second-order valence-corrected chi connectivity index (χ2v) is 6.17. The molecular formula is C17H22F3N3O3. The van der Waals surface area contributed by atoms with Gasteiger partial charge < -0.3 is 9.63 Å². The Balaban J connectivity index is 0.000000412. The highest BCUT2D eigenvalue weighted by molar-refractivity contribution is 5.73. The van der Waals surface area contributed by atoms with Crippen LogP contribution < -0.4 is 0 Å². The molecule has 144 valence electrons. The highest BCUT2D eigenvalue weighted by Gasteiger charge is 2.38. The molecule has 2 rings (SSSR count). The molecule has 1 N–H and O–H groups in total. The van der Waals surface area contributed by atoms with E-state index in [9.17, 15) is 13.2 Å². The maximum absolute atomic E-state index is 10.6. The number of aryl methyl sites for hydroxylation is 1. The van der Waals surface area contributed by atoms with Crippen LogP contribution >= 0.6 is 0 Å². The van der Waals surface area contributed by atoms with Gasteiger partial charge in [0.05, 0.1) is 0 Å². The summed E-state index contributed by atoms with van der Waals surface area (Å²) in [6.45, 7) is 6.23. The summed E-state index contributed by atoms with van der Waals surface area (Å²) in [6.07, 6.45) is -5.08. The summed E-state index contributed by atoms with van der Waals surface area (Å²) < 4.78 is 37.2. The summed E-state index contributed by atoms with van der Waals surface area (Å²) in [5, 5.41) is 11.2. The molecule has 0 aliphatic heterocycles. The van der Waals surface area contributed by atoms with Crippen molar-refractivity contribution in [3.8, 4) is 0 Å². The van der Waals surface area contributed by atoms with Crippen LogP contribution in [0.1, 0.15) is 48.6 Å². The Morgan fingerprint density at radius 1 is 1.23 bits per heavy atom. The zero-order valence-electron chi connectivity index (χ0n) is 15.2. The summed E-state index contributed by atoms with van der Waals surface area (Å²) >= 11 is 0. The van der Waals surface area contributed by atoms with Gasteiger partial charge in [0.2, 0.25) is 5.89 Å². The van der Waals surface area contributed by atoms with E-state index in [0.717, 1.165) is 5.82 Å². The Kier molecular flexibility index (Phi) is 7.31. The number of benzene rings is 1. The predicted octanol–water partition coefficient (Wildman–Crippen LogP) is 3.79. The monoisotopic (exact) mass is 373 g/mol. The van der Waals surface area contributed by atoms with Gasteiger partial charge in [-0.3, -0.25) is 4.90 Å². The fourth-order valence-electron chi connectivity index (χ4n) is 2.12. The number of hydrogen-bond donors (Lipinski definition) is 1. The third-order valence-electron chi connectivity index (χ3n) is 3.45. The fraction of sp³-hybridized carbons (Fsp3) is 0.471. The SMILES string of the molecule is Cc1ccccc1C(c1nc(C(C)C)no1)N(C)C.O=C(O)C(F)(F)F. The molecule has 0 aliphatic carbocycles. The molecule has 0 bridgehead atoms. The summed E-state index contributed by atoms with van der Waals surface area (Å²) in [7, 11) is 4.05. The maximum Gasteiger partial charge on any atom is 0.490 e. The van der Waals surface area contributed by atoms with Crippen molar-refractivity contribution in [1.29, 1.82) is 0 Å². The predicted molar refractivity (Wildman–Crippen MR) is 88.8 cm³/mol. The van der Waals surface area contributed by atoms with Crippen LogP contribution in [0.5, 0.6) is 0 Å². The number of alkyl halides is 3. The molecule has 1 atom stereocenters. The van der Waals surface area contributed by atoms with Gasteiger partial charge >= 0.3 is 12.1 Å². The van der Waals surface area contributed by atoms with Gasteiger partial charge in [-0.2, -0.15) is 18.2 Å². The van der Waals surface area contributed by atoms with Gasteiger partial charge in [0, 0.05) is 5.92 Å². The smallest absolute Gasteiger partial charge is 0.475 e. The highest BCUT2D eigenvalue weighted by atomic mass is 19.4. The fourth-order valence-corrected chi connectivity index (χ4v) is 2.12. The van der Waals surface area contributed by atoms with Crippen molar-refractivity contribution in [2.45, 2.75) is 38.9 Å². The van der Waals surface area contributed by atoms with E-state index in [1.807, 2.05) is 26.2 Å². The largest absolute Gasteiger partial charge is 0.490 e. The topological polar surface area (TPSA) is 79.5 Å². The van der Waals surface area contributed by atoms with Gasteiger partial charge in [-0.15, -0.1) is 0 Å². The van der Waals surface area contributed by atoms with Crippen molar-refractivity contribution in [3.63, 3.8) is 0 Å². The number of carboxylic acid groups (broad SMARTS) is 1. The third-order valence-corrected chi connectivity index (χ3v) is 3.45. The minimum absolute atomic E-state index is 0.00111. The van der Waals surface area contributed by atoms with Gasteiger partial charge in [0.25, 0.3) is 0 Å². The molecule has 0 aliphatic rings. The van der Waals surface area contributed by atoms with Crippen LogP contribution in [-0.2, 0) is 4.79 Å². The van der Waals surface area contributed by atoms with Crippen LogP contribution in [0.3, 0.4) is 0 Å². The summed E-state index contributed by atoms with van der Waals surface area (Å²) in [6, 6.07) is 8.30. The quantitative estimate of drug-likeness (QED) is 0.878. The summed E-state index contributed by atoms with van der Waals surface area (Å²) in [5.74, 6) is -1.07. The summed E-state index contributed by atoms with van der Waals surface area (Å²) in [5.41, 5.74) is 2.43. The van der Waals surface area contributed by atoms with Crippen molar-refractivity contribution < 1.29 is 27.6 Å². The van der Waals surface area contributed by atoms with Crippen LogP contribution in [0.4, 0.5) is 13.2 Å². The van der Waals surface area contributed by atoms with Crippen LogP contribution in [0.15, 0.2) is 28.8 Å². The number of rotatable bonds is 4. The van der Waals surface area contributed by atoms with Gasteiger partial charge in [0.15, 0.2) is 5.82 Å². The van der Waals surface area contributed by atoms with E-state index in [-0.39, 0.29) is 12.0 Å². The van der Waals surface area contributed by atoms with Gasteiger partial charge in [-0.1, -0.05) is 43.3 Å². The Hall–Kier alpha value is -2.42. The number of aromatic nitrogens is 2. The zero-order valence-corrected chi connectivity index (χ0v) is 15.2. The molecule has 26 heavy (non-hydrogen) atoms. The maximum atomic E-state index is 10.6. The second kappa shape index (κ2) is 8.79. The van der Waals surface area contributed by atoms with Gasteiger partial charge in [0.1, 0.15) is 6.04 Å². The lowest BCUT2D eigenvalue weighted by molar-refractivity contribution is -0.192. The lowest BCUT2D eigenvalue weighted by atomic mass is 10.0. The Morgan fingerprint density at radius 2 is 1.77 bits per heavy atom. The first kappa shape index (κ1) is 21.6. The Labute approximate surface area is 149 Å². The molecule has 6 nitrogen and oxygen atoms in total. The first-order valence-corrected chi connectivity index (χ1v) is 7.80.